The highest BCUT2D eigenvalue weighted by atomic mass is 32.1. The van der Waals surface area contributed by atoms with Crippen molar-refractivity contribution < 1.29 is 0 Å². The van der Waals surface area contributed by atoms with E-state index >= 15 is 0 Å². The highest BCUT2D eigenvalue weighted by Crippen LogP contribution is 2.67. The van der Waals surface area contributed by atoms with Gasteiger partial charge in [-0.2, -0.15) is 5.26 Å². The van der Waals surface area contributed by atoms with E-state index in [0.717, 1.165) is 23.9 Å². The Hall–Kier alpha value is -0.850. The number of nitrogens with one attached hydrogen (secondary N) is 1. The third kappa shape index (κ3) is 2.12. The van der Waals surface area contributed by atoms with Crippen molar-refractivity contribution >= 4 is 11.3 Å². The van der Waals surface area contributed by atoms with Crippen LogP contribution in [0.25, 0.3) is 0 Å². The van der Waals surface area contributed by atoms with Crippen LogP contribution in [-0.2, 0) is 6.54 Å². The normalized spacial score (nSPS) is 21.1. The molecule has 1 saturated carbocycles. The average molecular weight is 248 g/mol. The molecule has 3 heteroatoms. The van der Waals surface area contributed by atoms with Crippen LogP contribution in [0.1, 0.15) is 37.4 Å². The zero-order valence-corrected chi connectivity index (χ0v) is 11.8. The van der Waals surface area contributed by atoms with E-state index in [0.29, 0.717) is 10.8 Å². The van der Waals surface area contributed by atoms with E-state index < -0.39 is 0 Å². The Bertz CT molecular complexity index is 437. The number of nitrogens with zero attached hydrogens (tertiary/aromatic N) is 1. The first-order chi connectivity index (χ1) is 7.89. The maximum atomic E-state index is 8.75. The van der Waals surface area contributed by atoms with Gasteiger partial charge in [0.25, 0.3) is 0 Å². The van der Waals surface area contributed by atoms with Crippen molar-refractivity contribution in [3.05, 3.63) is 21.9 Å². The molecule has 0 saturated heterocycles. The summed E-state index contributed by atoms with van der Waals surface area (Å²) < 4.78 is 0. The summed E-state index contributed by atoms with van der Waals surface area (Å²) in [5.74, 6) is 0.755. The van der Waals surface area contributed by atoms with Crippen molar-refractivity contribution in [1.82, 2.24) is 5.32 Å². The van der Waals surface area contributed by atoms with E-state index in [2.05, 4.69) is 39.1 Å². The minimum Gasteiger partial charge on any atom is -0.312 e. The number of hydrogen-bond acceptors (Lipinski definition) is 3. The highest BCUT2D eigenvalue weighted by molar-refractivity contribution is 7.12. The summed E-state index contributed by atoms with van der Waals surface area (Å²) in [6, 6.07) is 6.11. The number of hydrogen-bond donors (Lipinski definition) is 1. The molecule has 1 heterocycles. The molecule has 1 aliphatic rings. The predicted octanol–water partition coefficient (Wildman–Crippen LogP) is 3.39. The van der Waals surface area contributed by atoms with Gasteiger partial charge in [-0.25, -0.2) is 0 Å². The lowest BCUT2D eigenvalue weighted by molar-refractivity contribution is 0.457. The molecule has 0 aromatic carbocycles. The van der Waals surface area contributed by atoms with Gasteiger partial charge in [0.2, 0.25) is 0 Å². The van der Waals surface area contributed by atoms with E-state index in [4.69, 9.17) is 5.26 Å². The molecule has 2 nitrogen and oxygen atoms in total. The first kappa shape index (κ1) is 12.6. The summed E-state index contributed by atoms with van der Waals surface area (Å²) in [6.07, 6.45) is 0. The number of rotatable bonds is 4. The first-order valence-corrected chi connectivity index (χ1v) is 6.91. The van der Waals surface area contributed by atoms with Gasteiger partial charge < -0.3 is 5.32 Å². The van der Waals surface area contributed by atoms with Crippen LogP contribution in [0.3, 0.4) is 0 Å². The fourth-order valence-electron chi connectivity index (χ4n) is 2.72. The standard InChI is InChI=1S/C14H20N2S/c1-13(2)12(14(13,3)4)9-16-8-11-6-5-10(7-15)17-11/h5-6,12,16H,8-9H2,1-4H3. The second-order valence-electron chi connectivity index (χ2n) is 6.00. The average Bonchev–Trinajstić information content (AvgIpc) is 2.64. The van der Waals surface area contributed by atoms with Gasteiger partial charge >= 0.3 is 0 Å². The second kappa shape index (κ2) is 4.12. The molecule has 0 amide bonds. The van der Waals surface area contributed by atoms with Gasteiger partial charge in [0.05, 0.1) is 0 Å². The molecule has 1 fully saturated rings. The van der Waals surface area contributed by atoms with Crippen molar-refractivity contribution in [3.8, 4) is 6.07 Å². The van der Waals surface area contributed by atoms with Crippen LogP contribution in [0.15, 0.2) is 12.1 Å². The Morgan fingerprint density at radius 2 is 1.94 bits per heavy atom. The van der Waals surface area contributed by atoms with Gasteiger partial charge in [-0.05, 0) is 35.4 Å². The molecule has 17 heavy (non-hydrogen) atoms. The molecule has 1 aromatic rings. The summed E-state index contributed by atoms with van der Waals surface area (Å²) in [7, 11) is 0. The Morgan fingerprint density at radius 1 is 1.29 bits per heavy atom. The molecular weight excluding hydrogens is 228 g/mol. The van der Waals surface area contributed by atoms with Crippen molar-refractivity contribution in [1.29, 1.82) is 5.26 Å². The molecule has 1 aromatic heterocycles. The second-order valence-corrected chi connectivity index (χ2v) is 7.17. The first-order valence-electron chi connectivity index (χ1n) is 6.09. The van der Waals surface area contributed by atoms with E-state index in [1.807, 2.05) is 12.1 Å². The molecule has 0 spiro atoms. The molecule has 1 N–H and O–H groups in total. The molecule has 0 unspecified atom stereocenters. The largest absolute Gasteiger partial charge is 0.312 e. The molecule has 0 atom stereocenters. The molecule has 0 bridgehead atoms. The van der Waals surface area contributed by atoms with Crippen molar-refractivity contribution in [3.63, 3.8) is 0 Å². The quantitative estimate of drug-likeness (QED) is 0.886. The van der Waals surface area contributed by atoms with Gasteiger partial charge in [-0.3, -0.25) is 0 Å². The molecular formula is C14H20N2S. The summed E-state index contributed by atoms with van der Waals surface area (Å²) in [5.41, 5.74) is 0.903. The molecule has 92 valence electrons. The van der Waals surface area contributed by atoms with E-state index in [-0.39, 0.29) is 0 Å². The monoisotopic (exact) mass is 248 g/mol. The van der Waals surface area contributed by atoms with Crippen LogP contribution in [0.5, 0.6) is 0 Å². The third-order valence-electron chi connectivity index (χ3n) is 4.74. The lowest BCUT2D eigenvalue weighted by Crippen LogP contribution is -2.18. The Morgan fingerprint density at radius 3 is 2.41 bits per heavy atom. The van der Waals surface area contributed by atoms with Crippen LogP contribution in [0.2, 0.25) is 0 Å². The van der Waals surface area contributed by atoms with Crippen LogP contribution in [0.4, 0.5) is 0 Å². The maximum absolute atomic E-state index is 8.75. The summed E-state index contributed by atoms with van der Waals surface area (Å²) in [4.78, 5) is 2.05. The van der Waals surface area contributed by atoms with Crippen LogP contribution < -0.4 is 5.32 Å². The highest BCUT2D eigenvalue weighted by Gasteiger charge is 2.63. The van der Waals surface area contributed by atoms with Gasteiger partial charge in [-0.15, -0.1) is 11.3 Å². The molecule has 0 radical (unpaired) electrons. The summed E-state index contributed by atoms with van der Waals surface area (Å²) in [6.45, 7) is 11.3. The van der Waals surface area contributed by atoms with Gasteiger partial charge in [-0.1, -0.05) is 27.7 Å². The number of nitriles is 1. The third-order valence-corrected chi connectivity index (χ3v) is 5.73. The van der Waals surface area contributed by atoms with Gasteiger partial charge in [0.15, 0.2) is 0 Å². The van der Waals surface area contributed by atoms with Crippen molar-refractivity contribution in [2.45, 2.75) is 34.2 Å². The van der Waals surface area contributed by atoms with E-state index in [1.165, 1.54) is 4.88 Å². The minimum absolute atomic E-state index is 0.452. The molecule has 1 aliphatic carbocycles. The van der Waals surface area contributed by atoms with Crippen LogP contribution >= 0.6 is 11.3 Å². The van der Waals surface area contributed by atoms with E-state index in [1.54, 1.807) is 11.3 Å². The minimum atomic E-state index is 0.452. The van der Waals surface area contributed by atoms with Crippen molar-refractivity contribution in [2.24, 2.45) is 16.7 Å². The topological polar surface area (TPSA) is 35.8 Å². The Labute approximate surface area is 108 Å². The Kier molecular flexibility index (Phi) is 3.05. The zero-order valence-electron chi connectivity index (χ0n) is 11.0. The SMILES string of the molecule is CC1(C)C(CNCc2ccc(C#N)s2)C1(C)C. The van der Waals surface area contributed by atoms with Crippen LogP contribution in [0, 0.1) is 28.1 Å². The lowest BCUT2D eigenvalue weighted by atomic mass is 10.0. The smallest absolute Gasteiger partial charge is 0.110 e. The van der Waals surface area contributed by atoms with Gasteiger partial charge in [0, 0.05) is 11.4 Å². The van der Waals surface area contributed by atoms with E-state index in [9.17, 15) is 0 Å². The summed E-state index contributed by atoms with van der Waals surface area (Å²) in [5, 5.41) is 12.3. The molecule has 2 rings (SSSR count). The molecule has 0 aliphatic heterocycles. The fourth-order valence-corrected chi connectivity index (χ4v) is 3.49. The fraction of sp³-hybridized carbons (Fsp3) is 0.643. The Balaban J connectivity index is 1.80. The number of thiophene rings is 1. The van der Waals surface area contributed by atoms with Crippen LogP contribution in [-0.4, -0.2) is 6.54 Å². The van der Waals surface area contributed by atoms with Crippen molar-refractivity contribution in [2.75, 3.05) is 6.54 Å². The lowest BCUT2D eigenvalue weighted by Gasteiger charge is -2.04. The van der Waals surface area contributed by atoms with Gasteiger partial charge in [0.1, 0.15) is 10.9 Å². The predicted molar refractivity (Wildman–Crippen MR) is 71.8 cm³/mol. The zero-order chi connectivity index (χ0) is 12.7. The summed E-state index contributed by atoms with van der Waals surface area (Å²) >= 11 is 1.58. The maximum Gasteiger partial charge on any atom is 0.110 e.